The van der Waals surface area contributed by atoms with Crippen LogP contribution in [0.1, 0.15) is 0 Å². The predicted molar refractivity (Wildman–Crippen MR) is 78.2 cm³/mol. The maximum Gasteiger partial charge on any atom is 0.339 e. The van der Waals surface area contributed by atoms with Crippen molar-refractivity contribution in [2.24, 2.45) is 0 Å². The Labute approximate surface area is 130 Å². The molecule has 0 radical (unpaired) electrons. The average molecular weight is 327 g/mol. The molecule has 2 atom stereocenters. The van der Waals surface area contributed by atoms with Gasteiger partial charge >= 0.3 is 12.0 Å². The first-order valence-corrected chi connectivity index (χ1v) is 7.58. The summed E-state index contributed by atoms with van der Waals surface area (Å²) in [5.74, 6) is -0.475. The highest BCUT2D eigenvalue weighted by molar-refractivity contribution is 8.00. The lowest BCUT2D eigenvalue weighted by molar-refractivity contribution is -0.142. The highest BCUT2D eigenvalue weighted by Crippen LogP contribution is 2.38. The lowest BCUT2D eigenvalue weighted by Gasteiger charge is -2.20. The molecular formula is C13H11ClN2O4S. The van der Waals surface area contributed by atoms with E-state index in [1.807, 2.05) is 0 Å². The monoisotopic (exact) mass is 326 g/mol. The third-order valence-electron chi connectivity index (χ3n) is 3.41. The molecule has 0 saturated carbocycles. The second-order valence-electron chi connectivity index (χ2n) is 4.56. The first-order valence-electron chi connectivity index (χ1n) is 6.16. The number of amides is 3. The molecular weight excluding hydrogens is 316 g/mol. The summed E-state index contributed by atoms with van der Waals surface area (Å²) >= 11 is 7.04. The van der Waals surface area contributed by atoms with Gasteiger partial charge in [-0.2, -0.15) is 0 Å². The number of rotatable bonds is 2. The number of fused-ring (bicyclic) bond motifs is 1. The lowest BCUT2D eigenvalue weighted by atomic mass is 10.2. The molecule has 0 aliphatic carbocycles. The fraction of sp³-hybridized carbons (Fsp3) is 0.308. The fourth-order valence-corrected chi connectivity index (χ4v) is 3.82. The molecule has 0 spiro atoms. The van der Waals surface area contributed by atoms with Gasteiger partial charge in [-0.1, -0.05) is 11.6 Å². The number of hydrogen-bond acceptors (Lipinski definition) is 5. The standard InChI is InChI=1S/C13H11ClN2O4S/c1-20-12(18)11-16-9(6-21-11)10(17)15(13(16)19)8-4-2-7(14)3-5-8/h2-5,9,11H,6H2,1H3/t9-,11?/m0/s1. The van der Waals surface area contributed by atoms with E-state index in [0.717, 1.165) is 4.90 Å². The van der Waals surface area contributed by atoms with Crippen molar-refractivity contribution in [3.8, 4) is 0 Å². The van der Waals surface area contributed by atoms with Gasteiger partial charge in [0.1, 0.15) is 6.04 Å². The highest BCUT2D eigenvalue weighted by atomic mass is 35.5. The molecule has 1 unspecified atom stereocenters. The number of benzene rings is 1. The normalized spacial score (nSPS) is 24.5. The van der Waals surface area contributed by atoms with Gasteiger partial charge in [0, 0.05) is 10.8 Å². The Morgan fingerprint density at radius 3 is 2.62 bits per heavy atom. The zero-order chi connectivity index (χ0) is 15.1. The Balaban J connectivity index is 1.93. The summed E-state index contributed by atoms with van der Waals surface area (Å²) in [6, 6.07) is 5.28. The molecule has 0 bridgehead atoms. The van der Waals surface area contributed by atoms with E-state index in [9.17, 15) is 14.4 Å². The van der Waals surface area contributed by atoms with Crippen molar-refractivity contribution in [1.29, 1.82) is 0 Å². The first kappa shape index (κ1) is 14.2. The molecule has 0 aromatic heterocycles. The Hall–Kier alpha value is -1.73. The van der Waals surface area contributed by atoms with Gasteiger partial charge in [0.2, 0.25) is 0 Å². The molecule has 2 heterocycles. The summed E-state index contributed by atoms with van der Waals surface area (Å²) in [4.78, 5) is 39.0. The van der Waals surface area contributed by atoms with Crippen molar-refractivity contribution < 1.29 is 19.1 Å². The molecule has 2 aliphatic heterocycles. The van der Waals surface area contributed by atoms with Crippen LogP contribution in [0.2, 0.25) is 5.02 Å². The highest BCUT2D eigenvalue weighted by Gasteiger charge is 2.55. The maximum atomic E-state index is 12.5. The minimum Gasteiger partial charge on any atom is -0.467 e. The van der Waals surface area contributed by atoms with Crippen LogP contribution in [0.15, 0.2) is 24.3 Å². The Bertz CT molecular complexity index is 621. The molecule has 0 N–H and O–H groups in total. The van der Waals surface area contributed by atoms with Crippen molar-refractivity contribution in [2.75, 3.05) is 17.8 Å². The molecule has 1 aromatic carbocycles. The van der Waals surface area contributed by atoms with E-state index >= 15 is 0 Å². The first-order chi connectivity index (χ1) is 10.0. The van der Waals surface area contributed by atoms with Crippen LogP contribution in [0, 0.1) is 0 Å². The van der Waals surface area contributed by atoms with Crippen LogP contribution in [-0.4, -0.2) is 47.1 Å². The van der Waals surface area contributed by atoms with E-state index in [4.69, 9.17) is 11.6 Å². The average Bonchev–Trinajstić information content (AvgIpc) is 3.01. The largest absolute Gasteiger partial charge is 0.467 e. The van der Waals surface area contributed by atoms with Crippen LogP contribution in [0.4, 0.5) is 10.5 Å². The number of halogens is 1. The maximum absolute atomic E-state index is 12.5. The van der Waals surface area contributed by atoms with Crippen molar-refractivity contribution in [1.82, 2.24) is 4.90 Å². The van der Waals surface area contributed by atoms with E-state index in [1.54, 1.807) is 24.3 Å². The van der Waals surface area contributed by atoms with Crippen LogP contribution in [-0.2, 0) is 14.3 Å². The third-order valence-corrected chi connectivity index (χ3v) is 4.90. The second-order valence-corrected chi connectivity index (χ2v) is 6.11. The van der Waals surface area contributed by atoms with Crippen LogP contribution in [0.25, 0.3) is 0 Å². The summed E-state index contributed by atoms with van der Waals surface area (Å²) < 4.78 is 4.68. The van der Waals surface area contributed by atoms with Crippen LogP contribution in [0.3, 0.4) is 0 Å². The van der Waals surface area contributed by atoms with Gasteiger partial charge in [-0.05, 0) is 24.3 Å². The molecule has 21 heavy (non-hydrogen) atoms. The van der Waals surface area contributed by atoms with Gasteiger partial charge < -0.3 is 4.74 Å². The van der Waals surface area contributed by atoms with Crippen molar-refractivity contribution in [3.05, 3.63) is 29.3 Å². The lowest BCUT2D eigenvalue weighted by Crippen LogP contribution is -2.41. The van der Waals surface area contributed by atoms with E-state index in [-0.39, 0.29) is 5.91 Å². The molecule has 110 valence electrons. The summed E-state index contributed by atoms with van der Waals surface area (Å²) in [5, 5.41) is -0.255. The number of urea groups is 1. The molecule has 6 nitrogen and oxygen atoms in total. The van der Waals surface area contributed by atoms with Gasteiger partial charge in [0.15, 0.2) is 5.37 Å². The number of esters is 1. The molecule has 8 heteroatoms. The van der Waals surface area contributed by atoms with Crippen LogP contribution in [0.5, 0.6) is 0 Å². The molecule has 2 fully saturated rings. The van der Waals surface area contributed by atoms with E-state index in [0.29, 0.717) is 16.5 Å². The third kappa shape index (κ3) is 2.16. The zero-order valence-corrected chi connectivity index (χ0v) is 12.6. The van der Waals surface area contributed by atoms with Crippen molar-refractivity contribution in [3.63, 3.8) is 0 Å². The van der Waals surface area contributed by atoms with Gasteiger partial charge in [-0.15, -0.1) is 11.8 Å². The SMILES string of the molecule is COC(=O)C1SC[C@H]2C(=O)N(c3ccc(Cl)cc3)C(=O)N12. The fourth-order valence-electron chi connectivity index (χ4n) is 2.40. The molecule has 2 saturated heterocycles. The summed E-state index contributed by atoms with van der Waals surface area (Å²) in [6.45, 7) is 0. The summed E-state index contributed by atoms with van der Waals surface area (Å²) in [7, 11) is 1.26. The second kappa shape index (κ2) is 5.23. The van der Waals surface area contributed by atoms with Gasteiger partial charge in [-0.25, -0.2) is 14.5 Å². The number of imide groups is 1. The number of methoxy groups -OCH3 is 1. The molecule has 3 rings (SSSR count). The van der Waals surface area contributed by atoms with Gasteiger partial charge in [0.25, 0.3) is 5.91 Å². The van der Waals surface area contributed by atoms with Crippen LogP contribution < -0.4 is 4.90 Å². The molecule has 3 amide bonds. The van der Waals surface area contributed by atoms with Gasteiger partial charge in [0.05, 0.1) is 12.8 Å². The Morgan fingerprint density at radius 2 is 2.00 bits per heavy atom. The number of carbonyl (C=O) groups excluding carboxylic acids is 3. The zero-order valence-electron chi connectivity index (χ0n) is 11.0. The van der Waals surface area contributed by atoms with E-state index in [1.165, 1.54) is 23.8 Å². The van der Waals surface area contributed by atoms with E-state index in [2.05, 4.69) is 4.74 Å². The number of hydrogen-bond donors (Lipinski definition) is 0. The predicted octanol–water partition coefficient (Wildman–Crippen LogP) is 1.72. The number of carbonyl (C=O) groups is 3. The molecule has 2 aliphatic rings. The number of anilines is 1. The van der Waals surface area contributed by atoms with Gasteiger partial charge in [-0.3, -0.25) is 9.69 Å². The minimum absolute atomic E-state index is 0.332. The number of nitrogens with zero attached hydrogens (tertiary/aromatic N) is 2. The number of thioether (sulfide) groups is 1. The number of ether oxygens (including phenoxy) is 1. The van der Waals surface area contributed by atoms with Crippen molar-refractivity contribution >= 4 is 47.0 Å². The van der Waals surface area contributed by atoms with E-state index < -0.39 is 23.4 Å². The minimum atomic E-state index is -0.770. The topological polar surface area (TPSA) is 66.9 Å². The smallest absolute Gasteiger partial charge is 0.339 e. The van der Waals surface area contributed by atoms with Crippen molar-refractivity contribution in [2.45, 2.75) is 11.4 Å². The Kier molecular flexibility index (Phi) is 3.54. The Morgan fingerprint density at radius 1 is 1.33 bits per heavy atom. The quantitative estimate of drug-likeness (QED) is 0.611. The summed E-state index contributed by atoms with van der Waals surface area (Å²) in [6.07, 6.45) is 0. The molecule has 1 aromatic rings. The summed E-state index contributed by atoms with van der Waals surface area (Å²) in [5.41, 5.74) is 0.442. The van der Waals surface area contributed by atoms with Crippen LogP contribution >= 0.6 is 23.4 Å².